The largest absolute Gasteiger partial charge is 0.493 e. The fraction of sp³-hybridized carbons (Fsp3) is 0.121. The number of thioether (sulfide) groups is 1. The minimum Gasteiger partial charge on any atom is -0.493 e. The minimum atomic E-state index is -0.565. The number of hydrogen-bond acceptors (Lipinski definition) is 7. The van der Waals surface area contributed by atoms with E-state index in [0.717, 1.165) is 4.90 Å². The van der Waals surface area contributed by atoms with Crippen LogP contribution in [0.4, 0.5) is 10.1 Å². The van der Waals surface area contributed by atoms with Crippen molar-refractivity contribution in [1.82, 2.24) is 5.32 Å². The van der Waals surface area contributed by atoms with Gasteiger partial charge in [0.15, 0.2) is 17.3 Å². The molecule has 220 valence electrons. The maximum Gasteiger partial charge on any atom is 0.272 e. The normalized spacial score (nSPS) is 10.9. The predicted molar refractivity (Wildman–Crippen MR) is 165 cm³/mol. The van der Waals surface area contributed by atoms with Gasteiger partial charge in [-0.15, -0.1) is 11.8 Å². The number of rotatable bonds is 12. The highest BCUT2D eigenvalue weighted by Crippen LogP contribution is 2.38. The molecule has 0 aliphatic heterocycles. The van der Waals surface area contributed by atoms with Crippen LogP contribution in [0, 0.1) is 5.82 Å². The van der Waals surface area contributed by atoms with E-state index < -0.39 is 17.6 Å². The Hall–Kier alpha value is -5.09. The molecule has 0 saturated heterocycles. The van der Waals surface area contributed by atoms with Crippen LogP contribution in [-0.4, -0.2) is 44.7 Å². The Labute approximate surface area is 252 Å². The summed E-state index contributed by atoms with van der Waals surface area (Å²) in [4.78, 5) is 39.6. The number of amides is 2. The number of halogens is 1. The number of carbonyl (C=O) groups is 3. The molecule has 0 saturated carbocycles. The number of hydrogen-bond donors (Lipinski definition) is 2. The third-order valence-electron chi connectivity index (χ3n) is 6.18. The van der Waals surface area contributed by atoms with Crippen LogP contribution in [0.25, 0.3) is 6.08 Å². The molecule has 0 aromatic heterocycles. The zero-order valence-electron chi connectivity index (χ0n) is 23.7. The second kappa shape index (κ2) is 14.7. The van der Waals surface area contributed by atoms with Gasteiger partial charge in [0.2, 0.25) is 5.75 Å². The average molecular weight is 601 g/mol. The highest BCUT2D eigenvalue weighted by molar-refractivity contribution is 8.00. The van der Waals surface area contributed by atoms with Crippen molar-refractivity contribution < 1.29 is 33.0 Å². The van der Waals surface area contributed by atoms with Crippen LogP contribution in [0.15, 0.2) is 102 Å². The van der Waals surface area contributed by atoms with Gasteiger partial charge in [-0.1, -0.05) is 18.2 Å². The number of nitrogens with one attached hydrogen (secondary N) is 2. The summed E-state index contributed by atoms with van der Waals surface area (Å²) in [6.45, 7) is 0. The fourth-order valence-corrected chi connectivity index (χ4v) is 4.79. The quantitative estimate of drug-likeness (QED) is 0.113. The van der Waals surface area contributed by atoms with E-state index in [9.17, 15) is 18.8 Å². The Kier molecular flexibility index (Phi) is 10.5. The van der Waals surface area contributed by atoms with E-state index in [0.29, 0.717) is 39.6 Å². The lowest BCUT2D eigenvalue weighted by molar-refractivity contribution is -0.113. The van der Waals surface area contributed by atoms with E-state index in [-0.39, 0.29) is 17.2 Å². The molecule has 0 atom stereocenters. The summed E-state index contributed by atoms with van der Waals surface area (Å²) in [7, 11) is 4.45. The molecule has 4 aromatic rings. The molecule has 2 N–H and O–H groups in total. The number of ether oxygens (including phenoxy) is 3. The first-order chi connectivity index (χ1) is 20.8. The van der Waals surface area contributed by atoms with E-state index in [4.69, 9.17) is 14.2 Å². The maximum absolute atomic E-state index is 13.4. The monoisotopic (exact) mass is 600 g/mol. The van der Waals surface area contributed by atoms with Crippen molar-refractivity contribution in [1.29, 1.82) is 0 Å². The fourth-order valence-electron chi connectivity index (χ4n) is 3.99. The summed E-state index contributed by atoms with van der Waals surface area (Å²) in [5.41, 5.74) is 1.78. The van der Waals surface area contributed by atoms with Crippen molar-refractivity contribution in [2.45, 2.75) is 4.90 Å². The van der Waals surface area contributed by atoms with E-state index in [1.165, 1.54) is 63.4 Å². The summed E-state index contributed by atoms with van der Waals surface area (Å²) >= 11 is 1.32. The predicted octanol–water partition coefficient (Wildman–Crippen LogP) is 6.24. The lowest BCUT2D eigenvalue weighted by Gasteiger charge is -2.15. The Morgan fingerprint density at radius 2 is 1.42 bits per heavy atom. The van der Waals surface area contributed by atoms with Gasteiger partial charge in [0.1, 0.15) is 11.5 Å². The van der Waals surface area contributed by atoms with Crippen molar-refractivity contribution in [3.8, 4) is 17.2 Å². The maximum atomic E-state index is 13.4. The third-order valence-corrected chi connectivity index (χ3v) is 7.19. The van der Waals surface area contributed by atoms with Crippen molar-refractivity contribution in [3.63, 3.8) is 0 Å². The molecule has 10 heteroatoms. The first-order valence-corrected chi connectivity index (χ1v) is 14.0. The second-order valence-corrected chi connectivity index (χ2v) is 10.1. The summed E-state index contributed by atoms with van der Waals surface area (Å²) in [6, 6.07) is 24.2. The molecule has 0 spiro atoms. The Balaban J connectivity index is 1.53. The molecule has 4 aromatic carbocycles. The number of Topliss-reactive ketones (excluding diaryl/α,β-unsaturated/α-hetero) is 1. The van der Waals surface area contributed by atoms with Gasteiger partial charge in [0.05, 0.1) is 27.1 Å². The van der Waals surface area contributed by atoms with Crippen molar-refractivity contribution in [2.24, 2.45) is 0 Å². The third kappa shape index (κ3) is 8.23. The molecule has 0 fully saturated rings. The van der Waals surface area contributed by atoms with Crippen molar-refractivity contribution in [3.05, 3.63) is 119 Å². The SMILES string of the molecule is COc1cc(/C=C(\NC(=O)c2ccccc2)C(=O)Nc2ccc(SCC(=O)c3ccc(F)cc3)cc2)cc(OC)c1OC. The van der Waals surface area contributed by atoms with E-state index >= 15 is 0 Å². The summed E-state index contributed by atoms with van der Waals surface area (Å²) in [6.07, 6.45) is 1.51. The van der Waals surface area contributed by atoms with Crippen LogP contribution < -0.4 is 24.8 Å². The lowest BCUT2D eigenvalue weighted by atomic mass is 10.1. The Bertz CT molecular complexity index is 1600. The van der Waals surface area contributed by atoms with Crippen LogP contribution in [0.2, 0.25) is 0 Å². The smallest absolute Gasteiger partial charge is 0.272 e. The van der Waals surface area contributed by atoms with Crippen LogP contribution >= 0.6 is 11.8 Å². The molecule has 0 heterocycles. The zero-order chi connectivity index (χ0) is 30.8. The van der Waals surface area contributed by atoms with Gasteiger partial charge in [0.25, 0.3) is 11.8 Å². The number of ketones is 1. The molecule has 0 bridgehead atoms. The van der Waals surface area contributed by atoms with E-state index in [2.05, 4.69) is 10.6 Å². The van der Waals surface area contributed by atoms with Gasteiger partial charge in [-0.2, -0.15) is 0 Å². The molecular weight excluding hydrogens is 571 g/mol. The summed E-state index contributed by atoms with van der Waals surface area (Å²) < 4.78 is 29.4. The minimum absolute atomic E-state index is 0.0218. The lowest BCUT2D eigenvalue weighted by Crippen LogP contribution is -2.30. The molecular formula is C33H29FN2O6S. The highest BCUT2D eigenvalue weighted by Gasteiger charge is 2.18. The number of carbonyl (C=O) groups excluding carboxylic acids is 3. The summed E-state index contributed by atoms with van der Waals surface area (Å²) in [5, 5.41) is 5.50. The van der Waals surface area contributed by atoms with Crippen LogP contribution in [-0.2, 0) is 4.79 Å². The first kappa shape index (κ1) is 30.9. The van der Waals surface area contributed by atoms with E-state index in [1.807, 2.05) is 0 Å². The molecule has 2 amide bonds. The van der Waals surface area contributed by atoms with E-state index in [1.54, 1.807) is 66.7 Å². The topological polar surface area (TPSA) is 103 Å². The first-order valence-electron chi connectivity index (χ1n) is 13.0. The average Bonchev–Trinajstić information content (AvgIpc) is 3.04. The number of methoxy groups -OCH3 is 3. The van der Waals surface area contributed by atoms with Crippen molar-refractivity contribution >= 4 is 41.1 Å². The zero-order valence-corrected chi connectivity index (χ0v) is 24.5. The number of benzene rings is 4. The van der Waals surface area contributed by atoms with Gasteiger partial charge < -0.3 is 24.8 Å². The molecule has 4 rings (SSSR count). The standard InChI is InChI=1S/C33H29FN2O6S/c1-40-29-18-21(19-30(41-2)31(29)42-3)17-27(36-32(38)23-7-5-4-6-8-23)33(39)35-25-13-15-26(16-14-25)43-20-28(37)22-9-11-24(34)12-10-22/h4-19H,20H2,1-3H3,(H,35,39)(H,36,38)/b27-17-. The molecule has 0 unspecified atom stereocenters. The van der Waals surface area contributed by atoms with Gasteiger partial charge in [-0.25, -0.2) is 4.39 Å². The summed E-state index contributed by atoms with van der Waals surface area (Å²) in [5.74, 6) is -0.233. The molecule has 0 aliphatic rings. The molecule has 8 nitrogen and oxygen atoms in total. The van der Waals surface area contributed by atoms with Crippen LogP contribution in [0.1, 0.15) is 26.3 Å². The van der Waals surface area contributed by atoms with Gasteiger partial charge in [-0.3, -0.25) is 14.4 Å². The molecule has 43 heavy (non-hydrogen) atoms. The Morgan fingerprint density at radius 1 is 0.791 bits per heavy atom. The molecule has 0 aliphatic carbocycles. The van der Waals surface area contributed by atoms with Gasteiger partial charge in [-0.05, 0) is 84.4 Å². The van der Waals surface area contributed by atoms with Crippen LogP contribution in [0.3, 0.4) is 0 Å². The van der Waals surface area contributed by atoms with Gasteiger partial charge >= 0.3 is 0 Å². The second-order valence-electron chi connectivity index (χ2n) is 9.03. The highest BCUT2D eigenvalue weighted by atomic mass is 32.2. The molecule has 0 radical (unpaired) electrons. The Morgan fingerprint density at radius 3 is 2.00 bits per heavy atom. The number of anilines is 1. The van der Waals surface area contributed by atoms with Crippen LogP contribution in [0.5, 0.6) is 17.2 Å². The van der Waals surface area contributed by atoms with Crippen molar-refractivity contribution in [2.75, 3.05) is 32.4 Å². The van der Waals surface area contributed by atoms with Gasteiger partial charge in [0, 0.05) is 21.7 Å².